The fourth-order valence-electron chi connectivity index (χ4n) is 2.24. The highest BCUT2D eigenvalue weighted by Crippen LogP contribution is 2.33. The lowest BCUT2D eigenvalue weighted by Gasteiger charge is -2.39. The highest BCUT2D eigenvalue weighted by molar-refractivity contribution is 5.58. The Labute approximate surface area is 129 Å². The van der Waals surface area contributed by atoms with E-state index < -0.39 is 47.9 Å². The van der Waals surface area contributed by atoms with Gasteiger partial charge in [0.05, 0.1) is 11.5 Å². The molecule has 1 aliphatic heterocycles. The second-order valence-electron chi connectivity index (χ2n) is 4.83. The molecule has 10 heteroatoms. The highest BCUT2D eigenvalue weighted by atomic mass is 16.7. The molecule has 2 rings (SSSR count). The van der Waals surface area contributed by atoms with Gasteiger partial charge in [0.2, 0.25) is 0 Å². The summed E-state index contributed by atoms with van der Waals surface area (Å²) in [6.45, 7) is -0.647. The quantitative estimate of drug-likeness (QED) is 0.386. The first kappa shape index (κ1) is 17.1. The number of ether oxygens (including phenoxy) is 2. The fourth-order valence-corrected chi connectivity index (χ4v) is 2.24. The van der Waals surface area contributed by atoms with Crippen molar-refractivity contribution < 1.29 is 34.8 Å². The van der Waals surface area contributed by atoms with Gasteiger partial charge in [-0.3, -0.25) is 10.1 Å². The summed E-state index contributed by atoms with van der Waals surface area (Å²) in [5, 5.41) is 58.5. The van der Waals surface area contributed by atoms with Gasteiger partial charge in [-0.2, -0.15) is 5.26 Å². The molecule has 0 aromatic heterocycles. The second kappa shape index (κ2) is 6.86. The van der Waals surface area contributed by atoms with Gasteiger partial charge < -0.3 is 29.9 Å². The summed E-state index contributed by atoms with van der Waals surface area (Å²) in [4.78, 5) is 10.3. The van der Waals surface area contributed by atoms with Crippen LogP contribution in [-0.4, -0.2) is 62.7 Å². The minimum atomic E-state index is -1.74. The first-order valence-electron chi connectivity index (χ1n) is 6.55. The summed E-state index contributed by atoms with van der Waals surface area (Å²) in [5.41, 5.74) is -0.893. The van der Waals surface area contributed by atoms with Gasteiger partial charge in [-0.25, -0.2) is 0 Å². The van der Waals surface area contributed by atoms with Crippen LogP contribution < -0.4 is 4.74 Å². The van der Waals surface area contributed by atoms with Gasteiger partial charge in [0.25, 0.3) is 0 Å². The van der Waals surface area contributed by atoms with Gasteiger partial charge in [-0.15, -0.1) is 0 Å². The maximum atomic E-state index is 11.1. The van der Waals surface area contributed by atoms with Crippen molar-refractivity contribution >= 4 is 5.69 Å². The Balaban J connectivity index is 2.32. The van der Waals surface area contributed by atoms with Crippen LogP contribution in [0.25, 0.3) is 0 Å². The number of hydrogen-bond acceptors (Lipinski definition) is 9. The topological polar surface area (TPSA) is 166 Å². The molecule has 1 aromatic rings. The van der Waals surface area contributed by atoms with Crippen LogP contribution in [0.2, 0.25) is 0 Å². The number of rotatable bonds is 4. The van der Waals surface area contributed by atoms with Crippen molar-refractivity contribution in [2.24, 2.45) is 0 Å². The lowest BCUT2D eigenvalue weighted by atomic mass is 9.99. The van der Waals surface area contributed by atoms with E-state index in [0.29, 0.717) is 0 Å². The van der Waals surface area contributed by atoms with E-state index in [1.807, 2.05) is 0 Å². The summed E-state index contributed by atoms with van der Waals surface area (Å²) in [7, 11) is 0. The standard InChI is InChI=1S/C13H14N2O8/c14-4-6-2-1-3-7(9(6)15(20)21)22-12-11(18)10(17)8(5-16)23-13(12)19/h1-3,8,10-13,16-19H,5H2/t8-,10+,11+,12-,13-/m1/s1. The maximum absolute atomic E-state index is 11.1. The van der Waals surface area contributed by atoms with Crippen LogP contribution in [0.4, 0.5) is 5.69 Å². The molecule has 1 heterocycles. The Morgan fingerprint density at radius 3 is 2.61 bits per heavy atom. The molecule has 4 N–H and O–H groups in total. The zero-order valence-corrected chi connectivity index (χ0v) is 11.6. The van der Waals surface area contributed by atoms with Crippen LogP contribution in [0.3, 0.4) is 0 Å². The number of aliphatic hydroxyl groups is 4. The van der Waals surface area contributed by atoms with E-state index in [9.17, 15) is 25.4 Å². The average Bonchev–Trinajstić information content (AvgIpc) is 2.54. The zero-order chi connectivity index (χ0) is 17.1. The molecule has 0 saturated carbocycles. The van der Waals surface area contributed by atoms with Crippen LogP contribution in [0.1, 0.15) is 5.56 Å². The number of benzene rings is 1. The van der Waals surface area contributed by atoms with Gasteiger partial charge >= 0.3 is 5.69 Å². The van der Waals surface area contributed by atoms with Crippen molar-refractivity contribution in [2.45, 2.75) is 30.7 Å². The third kappa shape index (κ3) is 3.24. The van der Waals surface area contributed by atoms with Gasteiger partial charge in [0.15, 0.2) is 18.1 Å². The molecule has 1 saturated heterocycles. The van der Waals surface area contributed by atoms with Crippen LogP contribution in [0.15, 0.2) is 18.2 Å². The molecule has 0 spiro atoms. The van der Waals surface area contributed by atoms with Crippen LogP contribution in [0, 0.1) is 21.4 Å². The molecule has 0 aliphatic carbocycles. The minimum Gasteiger partial charge on any atom is -0.475 e. The van der Waals surface area contributed by atoms with Crippen LogP contribution in [-0.2, 0) is 4.74 Å². The SMILES string of the molecule is N#Cc1cccc(O[C@@H]2[C@@H](O)[C@@H](O)[C@@H](CO)O[C@H]2O)c1[N+](=O)[O-]. The molecule has 1 aromatic carbocycles. The number of nitro benzene ring substituents is 1. The predicted molar refractivity (Wildman–Crippen MR) is 72.2 cm³/mol. The largest absolute Gasteiger partial charge is 0.475 e. The molecule has 0 unspecified atom stereocenters. The first-order valence-corrected chi connectivity index (χ1v) is 6.55. The molecule has 23 heavy (non-hydrogen) atoms. The Bertz CT molecular complexity index is 631. The summed E-state index contributed by atoms with van der Waals surface area (Å²) in [6.07, 6.45) is -7.73. The lowest BCUT2D eigenvalue weighted by Crippen LogP contribution is -2.60. The number of aliphatic hydroxyl groups excluding tert-OH is 4. The molecule has 1 fully saturated rings. The van der Waals surface area contributed by atoms with Crippen molar-refractivity contribution in [1.82, 2.24) is 0 Å². The van der Waals surface area contributed by atoms with E-state index in [2.05, 4.69) is 0 Å². The van der Waals surface area contributed by atoms with E-state index in [4.69, 9.17) is 19.8 Å². The Kier molecular flexibility index (Phi) is 5.09. The van der Waals surface area contributed by atoms with Crippen LogP contribution in [0.5, 0.6) is 5.75 Å². The molecule has 10 nitrogen and oxygen atoms in total. The summed E-state index contributed by atoms with van der Waals surface area (Å²) in [5.74, 6) is -0.365. The third-order valence-electron chi connectivity index (χ3n) is 3.41. The number of nitrogens with zero attached hydrogens (tertiary/aromatic N) is 2. The molecule has 1 aliphatic rings. The lowest BCUT2D eigenvalue weighted by molar-refractivity contribution is -0.386. The Morgan fingerprint density at radius 2 is 2.04 bits per heavy atom. The average molecular weight is 326 g/mol. The molecule has 0 radical (unpaired) electrons. The number of para-hydroxylation sites is 1. The van der Waals surface area contributed by atoms with E-state index in [1.54, 1.807) is 6.07 Å². The van der Waals surface area contributed by atoms with Gasteiger partial charge in [-0.1, -0.05) is 6.07 Å². The van der Waals surface area contributed by atoms with Crippen molar-refractivity contribution in [3.63, 3.8) is 0 Å². The predicted octanol–water partition coefficient (Wildman–Crippen LogP) is -1.35. The van der Waals surface area contributed by atoms with E-state index in [1.165, 1.54) is 18.2 Å². The molecule has 5 atom stereocenters. The van der Waals surface area contributed by atoms with Crippen molar-refractivity contribution in [2.75, 3.05) is 6.61 Å². The van der Waals surface area contributed by atoms with Gasteiger partial charge in [0.1, 0.15) is 29.9 Å². The van der Waals surface area contributed by atoms with Crippen LogP contribution >= 0.6 is 0 Å². The second-order valence-corrected chi connectivity index (χ2v) is 4.83. The zero-order valence-electron chi connectivity index (χ0n) is 11.6. The molecular weight excluding hydrogens is 312 g/mol. The van der Waals surface area contributed by atoms with Gasteiger partial charge in [0, 0.05) is 0 Å². The minimum absolute atomic E-state index is 0.262. The fraction of sp³-hybridized carbons (Fsp3) is 0.462. The van der Waals surface area contributed by atoms with E-state index >= 15 is 0 Å². The Hall–Kier alpha value is -2.29. The third-order valence-corrected chi connectivity index (χ3v) is 3.41. The smallest absolute Gasteiger partial charge is 0.328 e. The molecule has 124 valence electrons. The Morgan fingerprint density at radius 1 is 1.35 bits per heavy atom. The summed E-state index contributed by atoms with van der Waals surface area (Å²) < 4.78 is 10.1. The number of hydrogen-bond donors (Lipinski definition) is 4. The van der Waals surface area contributed by atoms with Crippen molar-refractivity contribution in [1.29, 1.82) is 5.26 Å². The number of nitriles is 1. The van der Waals surface area contributed by atoms with E-state index in [-0.39, 0.29) is 11.3 Å². The van der Waals surface area contributed by atoms with Crippen molar-refractivity contribution in [3.8, 4) is 11.8 Å². The normalized spacial score (nSPS) is 30.5. The maximum Gasteiger partial charge on any atom is 0.328 e. The molecular formula is C13H14N2O8. The monoisotopic (exact) mass is 326 g/mol. The van der Waals surface area contributed by atoms with Gasteiger partial charge in [-0.05, 0) is 12.1 Å². The summed E-state index contributed by atoms with van der Waals surface area (Å²) >= 11 is 0. The number of nitro groups is 1. The highest BCUT2D eigenvalue weighted by Gasteiger charge is 2.45. The summed E-state index contributed by atoms with van der Waals surface area (Å²) in [6, 6.07) is 5.37. The van der Waals surface area contributed by atoms with Crippen molar-refractivity contribution in [3.05, 3.63) is 33.9 Å². The van der Waals surface area contributed by atoms with E-state index in [0.717, 1.165) is 0 Å². The first-order chi connectivity index (χ1) is 10.9. The molecule has 0 bridgehead atoms. The molecule has 0 amide bonds.